The summed E-state index contributed by atoms with van der Waals surface area (Å²) in [6.45, 7) is 2.08. The topological polar surface area (TPSA) is 75.8 Å². The number of furan rings is 1. The van der Waals surface area contributed by atoms with Gasteiger partial charge in [-0.1, -0.05) is 6.92 Å². The highest BCUT2D eigenvalue weighted by molar-refractivity contribution is 5.96. The molecule has 0 unspecified atom stereocenters. The van der Waals surface area contributed by atoms with E-state index in [2.05, 4.69) is 4.98 Å². The van der Waals surface area contributed by atoms with E-state index < -0.39 is 0 Å². The molecule has 2 rings (SSSR count). The van der Waals surface area contributed by atoms with Crippen LogP contribution in [-0.2, 0) is 6.54 Å². The molecule has 6 nitrogen and oxygen atoms in total. The van der Waals surface area contributed by atoms with E-state index in [0.717, 1.165) is 0 Å². The molecule has 0 aliphatic heterocycles. The van der Waals surface area contributed by atoms with Gasteiger partial charge in [0.05, 0.1) is 32.6 Å². The van der Waals surface area contributed by atoms with Crippen molar-refractivity contribution in [3.63, 3.8) is 0 Å². The molecule has 1 atom stereocenters. The van der Waals surface area contributed by atoms with Crippen LogP contribution >= 0.6 is 0 Å². The number of aliphatic hydroxyl groups is 1. The van der Waals surface area contributed by atoms with Gasteiger partial charge < -0.3 is 19.2 Å². The number of pyridine rings is 1. The summed E-state index contributed by atoms with van der Waals surface area (Å²) in [5, 5.41) is 9.58. The number of aliphatic hydroxyl groups excluding tert-OH is 1. The quantitative estimate of drug-likeness (QED) is 0.847. The number of amides is 1. The molecule has 0 aliphatic rings. The Labute approximate surface area is 129 Å². The Morgan fingerprint density at radius 3 is 2.86 bits per heavy atom. The first-order chi connectivity index (χ1) is 10.7. The second-order valence-electron chi connectivity index (χ2n) is 4.82. The lowest BCUT2D eigenvalue weighted by molar-refractivity contribution is 0.0541. The van der Waals surface area contributed by atoms with Crippen molar-refractivity contribution >= 4 is 5.91 Å². The lowest BCUT2D eigenvalue weighted by atomic mass is 10.1. The maximum atomic E-state index is 12.9. The van der Waals surface area contributed by atoms with Crippen molar-refractivity contribution < 1.29 is 19.1 Å². The number of ether oxygens (including phenoxy) is 1. The zero-order valence-corrected chi connectivity index (χ0v) is 12.7. The summed E-state index contributed by atoms with van der Waals surface area (Å²) < 4.78 is 10.5. The van der Waals surface area contributed by atoms with E-state index in [-0.39, 0.29) is 31.0 Å². The van der Waals surface area contributed by atoms with Crippen molar-refractivity contribution in [2.75, 3.05) is 13.7 Å². The lowest BCUT2D eigenvalue weighted by Gasteiger charge is -2.29. The van der Waals surface area contributed by atoms with Crippen molar-refractivity contribution in [2.45, 2.75) is 25.9 Å². The summed E-state index contributed by atoms with van der Waals surface area (Å²) in [5.74, 6) is 0.676. The van der Waals surface area contributed by atoms with Crippen LogP contribution in [-0.4, -0.2) is 40.7 Å². The molecule has 0 bridgehead atoms. The Bertz CT molecular complexity index is 594. The van der Waals surface area contributed by atoms with Crippen LogP contribution in [0.25, 0.3) is 0 Å². The fourth-order valence-electron chi connectivity index (χ4n) is 2.26. The molecule has 2 heterocycles. The normalized spacial score (nSPS) is 12.0. The monoisotopic (exact) mass is 304 g/mol. The average molecular weight is 304 g/mol. The molecule has 0 aliphatic carbocycles. The molecule has 2 aromatic rings. The molecule has 118 valence electrons. The first-order valence-corrected chi connectivity index (χ1v) is 7.14. The Kier molecular flexibility index (Phi) is 5.55. The molecular weight excluding hydrogens is 284 g/mol. The van der Waals surface area contributed by atoms with Crippen LogP contribution in [0.3, 0.4) is 0 Å². The van der Waals surface area contributed by atoms with Crippen LogP contribution in [0.4, 0.5) is 0 Å². The van der Waals surface area contributed by atoms with Gasteiger partial charge in [-0.25, -0.2) is 4.98 Å². The van der Waals surface area contributed by atoms with E-state index in [1.54, 1.807) is 41.6 Å². The van der Waals surface area contributed by atoms with Crippen molar-refractivity contribution in [1.82, 2.24) is 9.88 Å². The molecule has 0 spiro atoms. The number of carbonyl (C=O) groups is 1. The van der Waals surface area contributed by atoms with Crippen molar-refractivity contribution in [1.29, 1.82) is 0 Å². The predicted molar refractivity (Wildman–Crippen MR) is 80.5 cm³/mol. The van der Waals surface area contributed by atoms with Gasteiger partial charge in [0.1, 0.15) is 11.3 Å². The van der Waals surface area contributed by atoms with Crippen molar-refractivity contribution in [3.8, 4) is 5.88 Å². The highest BCUT2D eigenvalue weighted by Gasteiger charge is 2.26. The fraction of sp³-hybridized carbons (Fsp3) is 0.375. The largest absolute Gasteiger partial charge is 0.480 e. The Morgan fingerprint density at radius 1 is 1.45 bits per heavy atom. The van der Waals surface area contributed by atoms with E-state index in [1.165, 1.54) is 7.11 Å². The van der Waals surface area contributed by atoms with Crippen LogP contribution in [0.2, 0.25) is 0 Å². The number of nitrogens with zero attached hydrogens (tertiary/aromatic N) is 2. The van der Waals surface area contributed by atoms with E-state index in [9.17, 15) is 9.90 Å². The van der Waals surface area contributed by atoms with Crippen LogP contribution in [0.1, 0.15) is 29.5 Å². The minimum Gasteiger partial charge on any atom is -0.480 e. The molecule has 0 saturated heterocycles. The van der Waals surface area contributed by atoms with Gasteiger partial charge in [0.25, 0.3) is 5.91 Å². The molecule has 6 heteroatoms. The average Bonchev–Trinajstić information content (AvgIpc) is 3.07. The van der Waals surface area contributed by atoms with Crippen LogP contribution < -0.4 is 4.74 Å². The zero-order chi connectivity index (χ0) is 15.9. The number of carbonyl (C=O) groups excluding carboxylic acids is 1. The van der Waals surface area contributed by atoms with Crippen LogP contribution in [0.5, 0.6) is 5.88 Å². The third-order valence-corrected chi connectivity index (χ3v) is 3.48. The molecule has 0 radical (unpaired) electrons. The maximum absolute atomic E-state index is 12.9. The minimum absolute atomic E-state index is 0.120. The predicted octanol–water partition coefficient (Wildman–Crippen LogP) is 2.10. The molecule has 0 aromatic carbocycles. The fourth-order valence-corrected chi connectivity index (χ4v) is 2.26. The van der Waals surface area contributed by atoms with E-state index in [4.69, 9.17) is 9.15 Å². The molecule has 1 N–H and O–H groups in total. The van der Waals surface area contributed by atoms with Gasteiger partial charge >= 0.3 is 0 Å². The number of rotatable bonds is 7. The third-order valence-electron chi connectivity index (χ3n) is 3.48. The highest BCUT2D eigenvalue weighted by atomic mass is 16.5. The Balaban J connectivity index is 2.32. The van der Waals surface area contributed by atoms with Gasteiger partial charge in [0, 0.05) is 6.20 Å². The lowest BCUT2D eigenvalue weighted by Crippen LogP contribution is -2.41. The smallest absolute Gasteiger partial charge is 0.260 e. The van der Waals surface area contributed by atoms with E-state index in [1.807, 2.05) is 6.92 Å². The summed E-state index contributed by atoms with van der Waals surface area (Å²) in [6, 6.07) is 6.60. The number of hydrogen-bond acceptors (Lipinski definition) is 5. The third kappa shape index (κ3) is 3.46. The van der Waals surface area contributed by atoms with Gasteiger partial charge in [0.15, 0.2) is 0 Å². The second kappa shape index (κ2) is 7.61. The molecule has 0 fully saturated rings. The Hall–Kier alpha value is -2.34. The SMILES string of the molecule is CC[C@@H](CO)N(Cc1ccco1)C(=O)c1cccnc1OC. The summed E-state index contributed by atoms with van der Waals surface area (Å²) in [4.78, 5) is 18.5. The van der Waals surface area contributed by atoms with Crippen molar-refractivity contribution in [3.05, 3.63) is 48.0 Å². The van der Waals surface area contributed by atoms with Crippen LogP contribution in [0, 0.1) is 0 Å². The van der Waals surface area contributed by atoms with Gasteiger partial charge in [-0.2, -0.15) is 0 Å². The second-order valence-corrected chi connectivity index (χ2v) is 4.82. The number of methoxy groups -OCH3 is 1. The molecule has 22 heavy (non-hydrogen) atoms. The summed E-state index contributed by atoms with van der Waals surface area (Å²) >= 11 is 0. The highest BCUT2D eigenvalue weighted by Crippen LogP contribution is 2.20. The minimum atomic E-state index is -0.303. The van der Waals surface area contributed by atoms with Gasteiger partial charge in [-0.15, -0.1) is 0 Å². The maximum Gasteiger partial charge on any atom is 0.260 e. The van der Waals surface area contributed by atoms with Gasteiger partial charge in [0.2, 0.25) is 5.88 Å². The first-order valence-electron chi connectivity index (χ1n) is 7.14. The van der Waals surface area contributed by atoms with Gasteiger partial charge in [-0.3, -0.25) is 4.79 Å². The van der Waals surface area contributed by atoms with Gasteiger partial charge in [-0.05, 0) is 30.7 Å². The van der Waals surface area contributed by atoms with E-state index in [0.29, 0.717) is 17.7 Å². The van der Waals surface area contributed by atoms with Crippen LogP contribution in [0.15, 0.2) is 41.1 Å². The summed E-state index contributed by atoms with van der Waals surface area (Å²) in [6.07, 6.45) is 3.75. The summed E-state index contributed by atoms with van der Waals surface area (Å²) in [7, 11) is 1.47. The zero-order valence-electron chi connectivity index (χ0n) is 12.7. The standard InChI is InChI=1S/C16H20N2O4/c1-3-12(11-19)18(10-13-6-5-9-22-13)16(20)14-7-4-8-17-15(14)21-2/h4-9,12,19H,3,10-11H2,1-2H3/t12-/m0/s1. The molecule has 2 aromatic heterocycles. The molecule has 1 amide bonds. The van der Waals surface area contributed by atoms with E-state index >= 15 is 0 Å². The Morgan fingerprint density at radius 2 is 2.27 bits per heavy atom. The first kappa shape index (κ1) is 16.0. The number of hydrogen-bond donors (Lipinski definition) is 1. The summed E-state index contributed by atoms with van der Waals surface area (Å²) in [5.41, 5.74) is 0.364. The number of aromatic nitrogens is 1. The molecule has 0 saturated carbocycles. The van der Waals surface area contributed by atoms with Crippen molar-refractivity contribution in [2.24, 2.45) is 0 Å². The molecular formula is C16H20N2O4.